The molecule has 1 aromatic carbocycles. The first-order chi connectivity index (χ1) is 11.1. The van der Waals surface area contributed by atoms with Crippen LogP contribution in [0.1, 0.15) is 46.6 Å². The monoisotopic (exact) mass is 333 g/mol. The maximum absolute atomic E-state index is 12.8. The summed E-state index contributed by atoms with van der Waals surface area (Å²) in [7, 11) is 0. The third-order valence-corrected chi connectivity index (χ3v) is 3.92. The molecule has 1 aliphatic heterocycles. The van der Waals surface area contributed by atoms with Crippen molar-refractivity contribution in [3.63, 3.8) is 0 Å². The molecule has 0 N–H and O–H groups in total. The van der Waals surface area contributed by atoms with Crippen LogP contribution in [-0.2, 0) is 25.6 Å². The molecule has 1 aromatic rings. The summed E-state index contributed by atoms with van der Waals surface area (Å²) in [6.07, 6.45) is 0.135. The van der Waals surface area contributed by atoms with Crippen molar-refractivity contribution < 1.29 is 19.1 Å². The van der Waals surface area contributed by atoms with Gasteiger partial charge in [0.25, 0.3) is 0 Å². The molecule has 24 heavy (non-hydrogen) atoms. The molecule has 0 unspecified atom stereocenters. The molecule has 1 heterocycles. The number of benzene rings is 1. The lowest BCUT2D eigenvalue weighted by Crippen LogP contribution is -2.70. The fourth-order valence-corrected chi connectivity index (χ4v) is 2.73. The van der Waals surface area contributed by atoms with Crippen molar-refractivity contribution in [3.05, 3.63) is 35.9 Å². The Kier molecular flexibility index (Phi) is 5.33. The van der Waals surface area contributed by atoms with Crippen molar-refractivity contribution in [2.45, 2.75) is 64.8 Å². The summed E-state index contributed by atoms with van der Waals surface area (Å²) in [4.78, 5) is 27.4. The van der Waals surface area contributed by atoms with E-state index in [0.29, 0.717) is 19.5 Å². The van der Waals surface area contributed by atoms with E-state index < -0.39 is 23.1 Å². The fraction of sp³-hybridized carbons (Fsp3) is 0.579. The normalized spacial score (nSPS) is 21.2. The second kappa shape index (κ2) is 6.93. The zero-order chi connectivity index (χ0) is 18.0. The van der Waals surface area contributed by atoms with Crippen LogP contribution in [0.2, 0.25) is 0 Å². The highest BCUT2D eigenvalue weighted by atomic mass is 16.6. The summed E-state index contributed by atoms with van der Waals surface area (Å²) in [6, 6.07) is 9.78. The van der Waals surface area contributed by atoms with Crippen molar-refractivity contribution in [2.75, 3.05) is 6.54 Å². The molecule has 132 valence electrons. The molecule has 0 amide bonds. The molecular weight excluding hydrogens is 306 g/mol. The molecule has 0 bridgehead atoms. The quantitative estimate of drug-likeness (QED) is 0.612. The number of likely N-dealkylation sites (tertiary alicyclic amines) is 1. The molecule has 5 nitrogen and oxygen atoms in total. The largest absolute Gasteiger partial charge is 0.461 e. The first-order valence-corrected chi connectivity index (χ1v) is 8.38. The lowest BCUT2D eigenvalue weighted by molar-refractivity contribution is -0.196. The maximum atomic E-state index is 12.8. The minimum atomic E-state index is -1.34. The summed E-state index contributed by atoms with van der Waals surface area (Å²) in [6.45, 7) is 10.1. The molecular formula is C19H27NO4. The van der Waals surface area contributed by atoms with Crippen LogP contribution in [0, 0.1) is 0 Å². The van der Waals surface area contributed by atoms with Gasteiger partial charge < -0.3 is 9.47 Å². The number of carbonyl (C=O) groups excluding carboxylic acids is 2. The van der Waals surface area contributed by atoms with E-state index in [1.54, 1.807) is 34.6 Å². The zero-order valence-corrected chi connectivity index (χ0v) is 15.2. The molecule has 0 aromatic heterocycles. The highest BCUT2D eigenvalue weighted by Gasteiger charge is 2.60. The Morgan fingerprint density at radius 3 is 2.25 bits per heavy atom. The molecule has 1 fully saturated rings. The Hall–Kier alpha value is -1.88. The predicted molar refractivity (Wildman–Crippen MR) is 91.3 cm³/mol. The van der Waals surface area contributed by atoms with Crippen LogP contribution < -0.4 is 0 Å². The van der Waals surface area contributed by atoms with Gasteiger partial charge in [-0.25, -0.2) is 9.59 Å². The van der Waals surface area contributed by atoms with Crippen LogP contribution in [0.15, 0.2) is 30.3 Å². The van der Waals surface area contributed by atoms with Gasteiger partial charge in [-0.1, -0.05) is 30.3 Å². The standard InChI is InChI=1S/C19H27NO4/c1-14(2)23-16(21)19(17(22)24-18(3,4)5)11-12-20(19)13-15-9-7-6-8-10-15/h6-10,14H,11-13H2,1-5H3/t19-/m0/s1. The minimum absolute atomic E-state index is 0.281. The van der Waals surface area contributed by atoms with E-state index in [-0.39, 0.29) is 6.10 Å². The lowest BCUT2D eigenvalue weighted by Gasteiger charge is -2.49. The second-order valence-corrected chi connectivity index (χ2v) is 7.47. The van der Waals surface area contributed by atoms with Crippen molar-refractivity contribution in [2.24, 2.45) is 0 Å². The van der Waals surface area contributed by atoms with E-state index in [4.69, 9.17) is 9.47 Å². The molecule has 5 heteroatoms. The summed E-state index contributed by atoms with van der Waals surface area (Å²) in [5.74, 6) is -1.04. The average Bonchev–Trinajstić information content (AvgIpc) is 2.42. The number of ether oxygens (including phenoxy) is 2. The molecule has 1 atom stereocenters. The second-order valence-electron chi connectivity index (χ2n) is 7.47. The number of hydrogen-bond acceptors (Lipinski definition) is 5. The van der Waals surface area contributed by atoms with Crippen LogP contribution in [0.4, 0.5) is 0 Å². The van der Waals surface area contributed by atoms with Gasteiger partial charge in [0.05, 0.1) is 6.10 Å². The van der Waals surface area contributed by atoms with Crippen LogP contribution in [0.3, 0.4) is 0 Å². The van der Waals surface area contributed by atoms with E-state index in [9.17, 15) is 9.59 Å². The smallest absolute Gasteiger partial charge is 0.338 e. The first-order valence-electron chi connectivity index (χ1n) is 8.38. The van der Waals surface area contributed by atoms with Crippen molar-refractivity contribution in [1.82, 2.24) is 4.90 Å². The maximum Gasteiger partial charge on any atom is 0.338 e. The Morgan fingerprint density at radius 2 is 1.79 bits per heavy atom. The van der Waals surface area contributed by atoms with Gasteiger partial charge >= 0.3 is 11.9 Å². The summed E-state index contributed by atoms with van der Waals surface area (Å²) < 4.78 is 10.9. The molecule has 0 aliphatic carbocycles. The van der Waals surface area contributed by atoms with Gasteiger partial charge in [-0.3, -0.25) is 4.90 Å². The van der Waals surface area contributed by atoms with E-state index in [2.05, 4.69) is 0 Å². The van der Waals surface area contributed by atoms with Crippen LogP contribution >= 0.6 is 0 Å². The molecule has 1 saturated heterocycles. The van der Waals surface area contributed by atoms with Crippen molar-refractivity contribution >= 4 is 11.9 Å². The van der Waals surface area contributed by atoms with E-state index in [1.165, 1.54) is 0 Å². The van der Waals surface area contributed by atoms with Gasteiger partial charge in [-0.15, -0.1) is 0 Å². The molecule has 2 rings (SSSR count). The number of nitrogens with zero attached hydrogens (tertiary/aromatic N) is 1. The highest BCUT2D eigenvalue weighted by molar-refractivity contribution is 6.06. The van der Waals surface area contributed by atoms with Gasteiger partial charge in [0.1, 0.15) is 5.60 Å². The average molecular weight is 333 g/mol. The molecule has 0 radical (unpaired) electrons. The van der Waals surface area contributed by atoms with Crippen molar-refractivity contribution in [3.8, 4) is 0 Å². The Balaban J connectivity index is 2.26. The van der Waals surface area contributed by atoms with Crippen LogP contribution in [0.5, 0.6) is 0 Å². The van der Waals surface area contributed by atoms with Crippen LogP contribution in [-0.4, -0.2) is 40.6 Å². The minimum Gasteiger partial charge on any atom is -0.461 e. The topological polar surface area (TPSA) is 55.8 Å². The van der Waals surface area contributed by atoms with E-state index >= 15 is 0 Å². The number of rotatable bonds is 5. The van der Waals surface area contributed by atoms with E-state index in [1.807, 2.05) is 35.2 Å². The van der Waals surface area contributed by atoms with Gasteiger partial charge in [0, 0.05) is 19.5 Å². The Morgan fingerprint density at radius 1 is 1.17 bits per heavy atom. The Labute approximate surface area is 143 Å². The van der Waals surface area contributed by atoms with Gasteiger partial charge in [0.15, 0.2) is 0 Å². The fourth-order valence-electron chi connectivity index (χ4n) is 2.73. The number of esters is 2. The Bertz CT molecular complexity index is 591. The molecule has 0 saturated carbocycles. The molecule has 0 spiro atoms. The lowest BCUT2D eigenvalue weighted by atomic mass is 9.83. The van der Waals surface area contributed by atoms with Gasteiger partial charge in [0.2, 0.25) is 5.54 Å². The number of carbonyl (C=O) groups is 2. The summed E-state index contributed by atoms with van der Waals surface area (Å²) >= 11 is 0. The third-order valence-electron chi connectivity index (χ3n) is 3.92. The third kappa shape index (κ3) is 3.96. The molecule has 1 aliphatic rings. The first kappa shape index (κ1) is 18.5. The zero-order valence-electron chi connectivity index (χ0n) is 15.2. The summed E-state index contributed by atoms with van der Waals surface area (Å²) in [5.41, 5.74) is -0.952. The highest BCUT2D eigenvalue weighted by Crippen LogP contribution is 2.36. The summed E-state index contributed by atoms with van der Waals surface area (Å²) in [5, 5.41) is 0. The SMILES string of the molecule is CC(C)OC(=O)[C@]1(C(=O)OC(C)(C)C)CCN1Cc1ccccc1. The number of hydrogen-bond donors (Lipinski definition) is 0. The van der Waals surface area contributed by atoms with Gasteiger partial charge in [-0.2, -0.15) is 0 Å². The van der Waals surface area contributed by atoms with Gasteiger partial charge in [-0.05, 0) is 40.2 Å². The van der Waals surface area contributed by atoms with Crippen molar-refractivity contribution in [1.29, 1.82) is 0 Å². The van der Waals surface area contributed by atoms with Crippen LogP contribution in [0.25, 0.3) is 0 Å². The predicted octanol–water partition coefficient (Wildman–Crippen LogP) is 2.92. The van der Waals surface area contributed by atoms with E-state index in [0.717, 1.165) is 5.56 Å².